The van der Waals surface area contributed by atoms with Crippen LogP contribution in [0, 0.1) is 10.1 Å². The van der Waals surface area contributed by atoms with Crippen molar-refractivity contribution in [3.63, 3.8) is 0 Å². The molecule has 0 heterocycles. The van der Waals surface area contributed by atoms with Crippen molar-refractivity contribution in [2.45, 2.75) is 45.8 Å². The van der Waals surface area contributed by atoms with Crippen LogP contribution in [0.25, 0.3) is 0 Å². The smallest absolute Gasteiger partial charge is 0.306 e. The summed E-state index contributed by atoms with van der Waals surface area (Å²) in [6.45, 7) is 5.96. The molecule has 1 rings (SSSR count). The van der Waals surface area contributed by atoms with Crippen LogP contribution < -0.4 is 0 Å². The van der Waals surface area contributed by atoms with Crippen molar-refractivity contribution >= 4 is 11.7 Å². The van der Waals surface area contributed by atoms with E-state index in [4.69, 9.17) is 9.47 Å². The maximum atomic E-state index is 11.5. The van der Waals surface area contributed by atoms with E-state index in [0.717, 1.165) is 0 Å². The fourth-order valence-corrected chi connectivity index (χ4v) is 1.70. The minimum Gasteiger partial charge on any atom is -0.460 e. The number of hydrogen-bond donors (Lipinski definition) is 0. The van der Waals surface area contributed by atoms with Crippen LogP contribution in [0.1, 0.15) is 39.2 Å². The maximum Gasteiger partial charge on any atom is 0.306 e. The second kappa shape index (κ2) is 7.73. The third-order valence-electron chi connectivity index (χ3n) is 2.54. The van der Waals surface area contributed by atoms with Gasteiger partial charge in [-0.15, -0.1) is 0 Å². The number of nitrogens with zero attached hydrogens (tertiary/aromatic N) is 1. The normalized spacial score (nSPS) is 11.2. The van der Waals surface area contributed by atoms with Crippen molar-refractivity contribution in [2.24, 2.45) is 0 Å². The fourth-order valence-electron chi connectivity index (χ4n) is 1.70. The van der Waals surface area contributed by atoms with Crippen LogP contribution in [-0.4, -0.2) is 23.1 Å². The molecule has 0 unspecified atom stereocenters. The van der Waals surface area contributed by atoms with Gasteiger partial charge in [0.2, 0.25) is 0 Å². The van der Waals surface area contributed by atoms with Crippen LogP contribution in [0.4, 0.5) is 5.69 Å². The summed E-state index contributed by atoms with van der Waals surface area (Å²) in [5.41, 5.74) is 0.0900. The molecule has 0 saturated carbocycles. The van der Waals surface area contributed by atoms with Gasteiger partial charge in [-0.2, -0.15) is 0 Å². The topological polar surface area (TPSA) is 78.7 Å². The van der Waals surface area contributed by atoms with E-state index in [0.29, 0.717) is 18.6 Å². The average molecular weight is 295 g/mol. The SMILES string of the molecule is CC(C)(C)OC(=O)CCCOCc1ccccc1[N+](=O)[O-]. The molecule has 0 atom stereocenters. The van der Waals surface area contributed by atoms with Crippen LogP contribution in [-0.2, 0) is 20.9 Å². The number of carbonyl (C=O) groups is 1. The van der Waals surface area contributed by atoms with Gasteiger partial charge in [0.15, 0.2) is 0 Å². The van der Waals surface area contributed by atoms with E-state index in [1.807, 2.05) is 20.8 Å². The molecule has 21 heavy (non-hydrogen) atoms. The van der Waals surface area contributed by atoms with E-state index in [1.54, 1.807) is 18.2 Å². The van der Waals surface area contributed by atoms with Gasteiger partial charge in [-0.3, -0.25) is 14.9 Å². The van der Waals surface area contributed by atoms with E-state index < -0.39 is 10.5 Å². The lowest BCUT2D eigenvalue weighted by atomic mass is 10.2. The number of benzene rings is 1. The van der Waals surface area contributed by atoms with Crippen molar-refractivity contribution < 1.29 is 19.2 Å². The zero-order valence-electron chi connectivity index (χ0n) is 12.6. The van der Waals surface area contributed by atoms with Crippen molar-refractivity contribution in [3.8, 4) is 0 Å². The number of ether oxygens (including phenoxy) is 2. The zero-order chi connectivity index (χ0) is 15.9. The molecule has 0 bridgehead atoms. The summed E-state index contributed by atoms with van der Waals surface area (Å²) in [6.07, 6.45) is 0.795. The van der Waals surface area contributed by atoms with Gasteiger partial charge < -0.3 is 9.47 Å². The summed E-state index contributed by atoms with van der Waals surface area (Å²) in [6, 6.07) is 6.45. The zero-order valence-corrected chi connectivity index (χ0v) is 12.6. The lowest BCUT2D eigenvalue weighted by Gasteiger charge is -2.19. The number of rotatable bonds is 7. The number of carbonyl (C=O) groups excluding carboxylic acids is 1. The van der Waals surface area contributed by atoms with Crippen molar-refractivity contribution in [2.75, 3.05) is 6.61 Å². The van der Waals surface area contributed by atoms with Gasteiger partial charge in [0.05, 0.1) is 17.1 Å². The van der Waals surface area contributed by atoms with E-state index in [1.165, 1.54) is 6.07 Å². The molecule has 0 aliphatic heterocycles. The molecule has 0 spiro atoms. The molecule has 6 heteroatoms. The lowest BCUT2D eigenvalue weighted by Crippen LogP contribution is -2.23. The summed E-state index contributed by atoms with van der Waals surface area (Å²) in [4.78, 5) is 21.9. The third-order valence-corrected chi connectivity index (χ3v) is 2.54. The molecule has 0 amide bonds. The molecule has 1 aromatic rings. The Kier molecular flexibility index (Phi) is 6.30. The van der Waals surface area contributed by atoms with Gasteiger partial charge in [0.25, 0.3) is 5.69 Å². The predicted molar refractivity (Wildman–Crippen MR) is 77.8 cm³/mol. The molecular weight excluding hydrogens is 274 g/mol. The van der Waals surface area contributed by atoms with Crippen LogP contribution >= 0.6 is 0 Å². The van der Waals surface area contributed by atoms with Crippen LogP contribution in [0.5, 0.6) is 0 Å². The van der Waals surface area contributed by atoms with Crippen molar-refractivity contribution in [1.82, 2.24) is 0 Å². The second-order valence-electron chi connectivity index (χ2n) is 5.63. The molecular formula is C15H21NO5. The molecule has 0 saturated heterocycles. The van der Waals surface area contributed by atoms with E-state index >= 15 is 0 Å². The number of esters is 1. The maximum absolute atomic E-state index is 11.5. The minimum atomic E-state index is -0.484. The van der Waals surface area contributed by atoms with Gasteiger partial charge in [0, 0.05) is 19.1 Å². The number of hydrogen-bond acceptors (Lipinski definition) is 5. The van der Waals surface area contributed by atoms with E-state index in [2.05, 4.69) is 0 Å². The minimum absolute atomic E-state index is 0.0460. The van der Waals surface area contributed by atoms with E-state index in [-0.39, 0.29) is 24.7 Å². The van der Waals surface area contributed by atoms with Gasteiger partial charge in [-0.05, 0) is 33.3 Å². The van der Waals surface area contributed by atoms with Crippen LogP contribution in [0.3, 0.4) is 0 Å². The Morgan fingerprint density at radius 1 is 1.29 bits per heavy atom. The fraction of sp³-hybridized carbons (Fsp3) is 0.533. The van der Waals surface area contributed by atoms with Gasteiger partial charge in [-0.25, -0.2) is 0 Å². The molecule has 0 radical (unpaired) electrons. The Morgan fingerprint density at radius 2 is 1.95 bits per heavy atom. The Hall–Kier alpha value is -1.95. The van der Waals surface area contributed by atoms with Gasteiger partial charge >= 0.3 is 5.97 Å². The monoisotopic (exact) mass is 295 g/mol. The number of nitro benzene ring substituents is 1. The summed E-state index contributed by atoms with van der Waals surface area (Å²) in [5, 5.41) is 10.8. The molecule has 0 fully saturated rings. The summed E-state index contributed by atoms with van der Waals surface area (Å²) in [5.74, 6) is -0.267. The Balaban J connectivity index is 2.29. The first-order valence-corrected chi connectivity index (χ1v) is 6.81. The number of nitro groups is 1. The van der Waals surface area contributed by atoms with Crippen LogP contribution in [0.15, 0.2) is 24.3 Å². The number of para-hydroxylation sites is 1. The Morgan fingerprint density at radius 3 is 2.57 bits per heavy atom. The first kappa shape index (κ1) is 17.1. The van der Waals surface area contributed by atoms with Crippen molar-refractivity contribution in [3.05, 3.63) is 39.9 Å². The highest BCUT2D eigenvalue weighted by molar-refractivity contribution is 5.69. The van der Waals surface area contributed by atoms with Gasteiger partial charge in [0.1, 0.15) is 5.60 Å². The summed E-state index contributed by atoms with van der Waals surface area (Å²) in [7, 11) is 0. The van der Waals surface area contributed by atoms with Gasteiger partial charge in [-0.1, -0.05) is 12.1 Å². The first-order chi connectivity index (χ1) is 9.79. The molecule has 0 aliphatic carbocycles. The first-order valence-electron chi connectivity index (χ1n) is 6.81. The molecule has 116 valence electrons. The summed E-state index contributed by atoms with van der Waals surface area (Å²) >= 11 is 0. The molecule has 0 N–H and O–H groups in total. The lowest BCUT2D eigenvalue weighted by molar-refractivity contribution is -0.385. The molecule has 6 nitrogen and oxygen atoms in total. The highest BCUT2D eigenvalue weighted by Gasteiger charge is 2.16. The second-order valence-corrected chi connectivity index (χ2v) is 5.63. The summed E-state index contributed by atoms with van der Waals surface area (Å²) < 4.78 is 10.5. The average Bonchev–Trinajstić information content (AvgIpc) is 2.36. The Labute approximate surface area is 124 Å². The molecule has 0 aromatic heterocycles. The quantitative estimate of drug-likeness (QED) is 0.334. The largest absolute Gasteiger partial charge is 0.460 e. The van der Waals surface area contributed by atoms with Crippen LogP contribution in [0.2, 0.25) is 0 Å². The standard InChI is InChI=1S/C15H21NO5/c1-15(2,3)21-14(17)9-6-10-20-11-12-7-4-5-8-13(12)16(18)19/h4-5,7-8H,6,9-11H2,1-3H3. The highest BCUT2D eigenvalue weighted by atomic mass is 16.6. The third kappa shape index (κ3) is 6.85. The molecule has 0 aliphatic rings. The van der Waals surface area contributed by atoms with Crippen molar-refractivity contribution in [1.29, 1.82) is 0 Å². The van der Waals surface area contributed by atoms with E-state index in [9.17, 15) is 14.9 Å². The highest BCUT2D eigenvalue weighted by Crippen LogP contribution is 2.18. The predicted octanol–water partition coefficient (Wildman–Crippen LogP) is 3.23. The molecule has 1 aromatic carbocycles. The Bertz CT molecular complexity index is 493.